The van der Waals surface area contributed by atoms with Gasteiger partial charge in [-0.3, -0.25) is 0 Å². The average Bonchev–Trinajstić information content (AvgIpc) is 2.68. The van der Waals surface area contributed by atoms with Crippen LogP contribution in [0.5, 0.6) is 5.75 Å². The lowest BCUT2D eigenvalue weighted by atomic mass is 9.72. The standard InChI is InChI=1S/C26H38O/c1-5-7-8-9-10-12-16-21(6-2)23-19-15-20-24(27)25(23)26(3,4)22-17-13-11-14-18-22/h11,13-15,17-21,27H,5-10,12,16H2,1-4H3. The van der Waals surface area contributed by atoms with Crippen molar-refractivity contribution in [3.8, 4) is 5.75 Å². The first kappa shape index (κ1) is 21.5. The fourth-order valence-electron chi connectivity index (χ4n) is 4.33. The second-order valence-corrected chi connectivity index (χ2v) is 8.39. The fourth-order valence-corrected chi connectivity index (χ4v) is 4.33. The van der Waals surface area contributed by atoms with Gasteiger partial charge in [-0.1, -0.05) is 109 Å². The summed E-state index contributed by atoms with van der Waals surface area (Å²) in [6.45, 7) is 9.02. The van der Waals surface area contributed by atoms with Crippen molar-refractivity contribution in [2.24, 2.45) is 0 Å². The molecule has 148 valence electrons. The first-order valence-electron chi connectivity index (χ1n) is 10.9. The van der Waals surface area contributed by atoms with E-state index in [2.05, 4.69) is 64.1 Å². The summed E-state index contributed by atoms with van der Waals surface area (Å²) in [6, 6.07) is 16.7. The Morgan fingerprint density at radius 3 is 2.15 bits per heavy atom. The molecule has 0 saturated heterocycles. The van der Waals surface area contributed by atoms with E-state index in [9.17, 15) is 5.11 Å². The highest BCUT2D eigenvalue weighted by atomic mass is 16.3. The maximum atomic E-state index is 10.8. The summed E-state index contributed by atoms with van der Waals surface area (Å²) in [5, 5.41) is 10.8. The van der Waals surface area contributed by atoms with Crippen molar-refractivity contribution in [3.63, 3.8) is 0 Å². The van der Waals surface area contributed by atoms with Gasteiger partial charge in [-0.05, 0) is 36.0 Å². The van der Waals surface area contributed by atoms with Crippen molar-refractivity contribution in [1.29, 1.82) is 0 Å². The first-order chi connectivity index (χ1) is 13.0. The summed E-state index contributed by atoms with van der Waals surface area (Å²) in [5.74, 6) is 0.948. The van der Waals surface area contributed by atoms with Crippen LogP contribution in [0.3, 0.4) is 0 Å². The molecular weight excluding hydrogens is 328 g/mol. The lowest BCUT2D eigenvalue weighted by Crippen LogP contribution is -2.22. The van der Waals surface area contributed by atoms with Crippen molar-refractivity contribution in [1.82, 2.24) is 0 Å². The van der Waals surface area contributed by atoms with Gasteiger partial charge in [0.1, 0.15) is 5.75 Å². The molecule has 2 rings (SSSR count). The zero-order chi connectivity index (χ0) is 19.7. The van der Waals surface area contributed by atoms with E-state index in [1.807, 2.05) is 12.1 Å². The summed E-state index contributed by atoms with van der Waals surface area (Å²) in [5.41, 5.74) is 3.48. The Morgan fingerprint density at radius 1 is 0.815 bits per heavy atom. The molecule has 1 N–H and O–H groups in total. The van der Waals surface area contributed by atoms with Crippen molar-refractivity contribution in [3.05, 3.63) is 65.2 Å². The molecule has 27 heavy (non-hydrogen) atoms. The topological polar surface area (TPSA) is 20.2 Å². The normalized spacial score (nSPS) is 12.9. The zero-order valence-corrected chi connectivity index (χ0v) is 17.8. The van der Waals surface area contributed by atoms with Crippen LogP contribution in [0.4, 0.5) is 0 Å². The maximum Gasteiger partial charge on any atom is 0.119 e. The highest BCUT2D eigenvalue weighted by molar-refractivity contribution is 5.51. The number of benzene rings is 2. The van der Waals surface area contributed by atoms with Gasteiger partial charge in [-0.15, -0.1) is 0 Å². The zero-order valence-electron chi connectivity index (χ0n) is 17.8. The van der Waals surface area contributed by atoms with Crippen LogP contribution in [0.1, 0.15) is 102 Å². The van der Waals surface area contributed by atoms with Gasteiger partial charge in [0.15, 0.2) is 0 Å². The minimum atomic E-state index is -0.212. The predicted molar refractivity (Wildman–Crippen MR) is 118 cm³/mol. The Kier molecular flexibility index (Phi) is 8.41. The number of rotatable bonds is 11. The monoisotopic (exact) mass is 366 g/mol. The van der Waals surface area contributed by atoms with Gasteiger partial charge in [0.05, 0.1) is 0 Å². The third-order valence-electron chi connectivity index (χ3n) is 6.03. The lowest BCUT2D eigenvalue weighted by Gasteiger charge is -2.32. The Labute approximate surface area is 166 Å². The third kappa shape index (κ3) is 5.61. The van der Waals surface area contributed by atoms with Crippen molar-refractivity contribution in [2.45, 2.75) is 90.4 Å². The third-order valence-corrected chi connectivity index (χ3v) is 6.03. The van der Waals surface area contributed by atoms with Gasteiger partial charge in [0.25, 0.3) is 0 Å². The Hall–Kier alpha value is -1.76. The van der Waals surface area contributed by atoms with Crippen LogP contribution in [-0.2, 0) is 5.41 Å². The lowest BCUT2D eigenvalue weighted by molar-refractivity contribution is 0.444. The smallest absolute Gasteiger partial charge is 0.119 e. The molecule has 1 nitrogen and oxygen atoms in total. The van der Waals surface area contributed by atoms with Gasteiger partial charge in [0.2, 0.25) is 0 Å². The van der Waals surface area contributed by atoms with Crippen LogP contribution in [0.25, 0.3) is 0 Å². The molecule has 0 aliphatic heterocycles. The van der Waals surface area contributed by atoms with Crippen LogP contribution in [0, 0.1) is 0 Å². The van der Waals surface area contributed by atoms with Gasteiger partial charge < -0.3 is 5.11 Å². The molecule has 2 aromatic carbocycles. The molecule has 1 unspecified atom stereocenters. The van der Waals surface area contributed by atoms with E-state index in [1.54, 1.807) is 0 Å². The summed E-state index contributed by atoms with van der Waals surface area (Å²) in [7, 11) is 0. The highest BCUT2D eigenvalue weighted by Gasteiger charge is 2.30. The van der Waals surface area contributed by atoms with E-state index in [0.717, 1.165) is 12.0 Å². The van der Waals surface area contributed by atoms with Crippen LogP contribution in [-0.4, -0.2) is 5.11 Å². The molecule has 0 fully saturated rings. The van der Waals surface area contributed by atoms with E-state index >= 15 is 0 Å². The molecular formula is C26H38O. The number of phenolic OH excluding ortho intramolecular Hbond substituents is 1. The Bertz CT molecular complexity index is 672. The van der Waals surface area contributed by atoms with Gasteiger partial charge in [-0.2, -0.15) is 0 Å². The van der Waals surface area contributed by atoms with E-state index in [1.165, 1.54) is 56.1 Å². The predicted octanol–water partition coefficient (Wildman–Crippen LogP) is 7.96. The highest BCUT2D eigenvalue weighted by Crippen LogP contribution is 2.43. The van der Waals surface area contributed by atoms with Crippen LogP contribution < -0.4 is 0 Å². The molecule has 0 radical (unpaired) electrons. The van der Waals surface area contributed by atoms with Crippen LogP contribution >= 0.6 is 0 Å². The number of unbranched alkanes of at least 4 members (excludes halogenated alkanes) is 5. The van der Waals surface area contributed by atoms with Crippen LogP contribution in [0.2, 0.25) is 0 Å². The number of phenols is 1. The van der Waals surface area contributed by atoms with E-state index in [-0.39, 0.29) is 5.41 Å². The SMILES string of the molecule is CCCCCCCCC(CC)c1cccc(O)c1C(C)(C)c1ccccc1. The van der Waals surface area contributed by atoms with Gasteiger partial charge in [0, 0.05) is 11.0 Å². The van der Waals surface area contributed by atoms with Crippen molar-refractivity contribution in [2.75, 3.05) is 0 Å². The van der Waals surface area contributed by atoms with Crippen molar-refractivity contribution >= 4 is 0 Å². The van der Waals surface area contributed by atoms with Crippen molar-refractivity contribution < 1.29 is 5.11 Å². The van der Waals surface area contributed by atoms with Crippen LogP contribution in [0.15, 0.2) is 48.5 Å². The summed E-state index contributed by atoms with van der Waals surface area (Å²) >= 11 is 0. The number of hydrogen-bond donors (Lipinski definition) is 1. The molecule has 0 bridgehead atoms. The number of hydrogen-bond acceptors (Lipinski definition) is 1. The van der Waals surface area contributed by atoms with E-state index < -0.39 is 0 Å². The minimum Gasteiger partial charge on any atom is -0.508 e. The molecule has 0 amide bonds. The molecule has 0 aliphatic rings. The molecule has 0 aliphatic carbocycles. The number of aromatic hydroxyl groups is 1. The summed E-state index contributed by atoms with van der Waals surface area (Å²) in [6.07, 6.45) is 10.3. The molecule has 2 aromatic rings. The Morgan fingerprint density at radius 2 is 1.48 bits per heavy atom. The summed E-state index contributed by atoms with van der Waals surface area (Å²) in [4.78, 5) is 0. The van der Waals surface area contributed by atoms with E-state index in [0.29, 0.717) is 11.7 Å². The van der Waals surface area contributed by atoms with Gasteiger partial charge in [-0.25, -0.2) is 0 Å². The minimum absolute atomic E-state index is 0.212. The molecule has 0 heterocycles. The largest absolute Gasteiger partial charge is 0.508 e. The first-order valence-corrected chi connectivity index (χ1v) is 10.9. The maximum absolute atomic E-state index is 10.8. The molecule has 1 atom stereocenters. The molecule has 1 heteroatoms. The molecule has 0 aromatic heterocycles. The Balaban J connectivity index is 2.22. The summed E-state index contributed by atoms with van der Waals surface area (Å²) < 4.78 is 0. The second kappa shape index (κ2) is 10.5. The van der Waals surface area contributed by atoms with E-state index in [4.69, 9.17) is 0 Å². The molecule has 0 saturated carbocycles. The quantitative estimate of drug-likeness (QED) is 0.400. The van der Waals surface area contributed by atoms with Gasteiger partial charge >= 0.3 is 0 Å². The fraction of sp³-hybridized carbons (Fsp3) is 0.538. The second-order valence-electron chi connectivity index (χ2n) is 8.39. The molecule has 0 spiro atoms. The average molecular weight is 367 g/mol.